The summed E-state index contributed by atoms with van der Waals surface area (Å²) in [5.41, 5.74) is 2.12. The summed E-state index contributed by atoms with van der Waals surface area (Å²) in [5, 5.41) is 16.3. The van der Waals surface area contributed by atoms with Crippen molar-refractivity contribution in [2.24, 2.45) is 4.99 Å². The fraction of sp³-hybridized carbons (Fsp3) is 0.318. The minimum atomic E-state index is 0.0123. The van der Waals surface area contributed by atoms with Crippen LogP contribution in [-0.2, 0) is 6.54 Å². The SMILES string of the molecule is C=CCOc1ccccc1CN=C(NCC)NCC(CO)c1ccccc1. The second-order valence-corrected chi connectivity index (χ2v) is 6.07. The van der Waals surface area contributed by atoms with Crippen LogP contribution in [0.2, 0.25) is 0 Å². The monoisotopic (exact) mass is 367 g/mol. The van der Waals surface area contributed by atoms with Crippen molar-refractivity contribution in [3.63, 3.8) is 0 Å². The molecule has 0 fully saturated rings. The van der Waals surface area contributed by atoms with Crippen molar-refractivity contribution in [3.05, 3.63) is 78.4 Å². The molecular formula is C22H29N3O2. The highest BCUT2D eigenvalue weighted by atomic mass is 16.5. The normalized spacial score (nSPS) is 12.3. The highest BCUT2D eigenvalue weighted by molar-refractivity contribution is 5.79. The van der Waals surface area contributed by atoms with E-state index in [2.05, 4.69) is 22.2 Å². The summed E-state index contributed by atoms with van der Waals surface area (Å²) >= 11 is 0. The lowest BCUT2D eigenvalue weighted by molar-refractivity contribution is 0.265. The van der Waals surface area contributed by atoms with Crippen LogP contribution in [0.3, 0.4) is 0 Å². The van der Waals surface area contributed by atoms with Crippen LogP contribution in [0.15, 0.2) is 72.2 Å². The second kappa shape index (κ2) is 11.8. The molecule has 2 rings (SSSR count). The summed E-state index contributed by atoms with van der Waals surface area (Å²) in [4.78, 5) is 4.66. The molecule has 0 aliphatic carbocycles. The molecule has 0 bridgehead atoms. The van der Waals surface area contributed by atoms with Gasteiger partial charge in [-0.05, 0) is 18.6 Å². The van der Waals surface area contributed by atoms with Crippen LogP contribution in [0.4, 0.5) is 0 Å². The Morgan fingerprint density at radius 2 is 1.89 bits per heavy atom. The Balaban J connectivity index is 2.03. The molecule has 0 saturated heterocycles. The molecule has 0 radical (unpaired) electrons. The molecule has 0 spiro atoms. The number of nitrogens with zero attached hydrogens (tertiary/aromatic N) is 1. The fourth-order valence-corrected chi connectivity index (χ4v) is 2.66. The molecule has 2 aromatic rings. The third-order valence-electron chi connectivity index (χ3n) is 4.09. The average Bonchev–Trinajstić information content (AvgIpc) is 2.72. The van der Waals surface area contributed by atoms with Gasteiger partial charge in [0.1, 0.15) is 12.4 Å². The van der Waals surface area contributed by atoms with Crippen molar-refractivity contribution >= 4 is 5.96 Å². The molecule has 0 aliphatic rings. The molecule has 5 nitrogen and oxygen atoms in total. The van der Waals surface area contributed by atoms with Crippen LogP contribution in [0, 0.1) is 0 Å². The van der Waals surface area contributed by atoms with Crippen LogP contribution < -0.4 is 15.4 Å². The zero-order chi connectivity index (χ0) is 19.3. The number of guanidine groups is 1. The van der Waals surface area contributed by atoms with E-state index in [4.69, 9.17) is 4.74 Å². The number of nitrogens with one attached hydrogen (secondary N) is 2. The molecule has 0 aromatic heterocycles. The van der Waals surface area contributed by atoms with Crippen molar-refractivity contribution in [3.8, 4) is 5.75 Å². The number of aliphatic imine (C=N–C) groups is 1. The minimum absolute atomic E-state index is 0.0123. The van der Waals surface area contributed by atoms with Gasteiger partial charge in [0.25, 0.3) is 0 Å². The first-order valence-corrected chi connectivity index (χ1v) is 9.28. The van der Waals surface area contributed by atoms with E-state index >= 15 is 0 Å². The van der Waals surface area contributed by atoms with E-state index < -0.39 is 0 Å². The minimum Gasteiger partial charge on any atom is -0.489 e. The van der Waals surface area contributed by atoms with Gasteiger partial charge in [-0.1, -0.05) is 61.2 Å². The largest absolute Gasteiger partial charge is 0.489 e. The first kappa shape index (κ1) is 20.5. The molecule has 0 heterocycles. The summed E-state index contributed by atoms with van der Waals surface area (Å²) in [7, 11) is 0. The predicted octanol–water partition coefficient (Wildman–Crippen LogP) is 3.08. The summed E-state index contributed by atoms with van der Waals surface area (Å²) in [5.74, 6) is 1.54. The van der Waals surface area contributed by atoms with Crippen molar-refractivity contribution in [1.82, 2.24) is 10.6 Å². The van der Waals surface area contributed by atoms with Gasteiger partial charge in [-0.15, -0.1) is 0 Å². The second-order valence-electron chi connectivity index (χ2n) is 6.07. The van der Waals surface area contributed by atoms with Crippen LogP contribution >= 0.6 is 0 Å². The van der Waals surface area contributed by atoms with Gasteiger partial charge in [0.05, 0.1) is 13.2 Å². The van der Waals surface area contributed by atoms with Crippen LogP contribution in [0.5, 0.6) is 5.75 Å². The first-order chi connectivity index (χ1) is 13.3. The summed E-state index contributed by atoms with van der Waals surface area (Å²) < 4.78 is 5.69. The number of hydrogen-bond acceptors (Lipinski definition) is 3. The lowest BCUT2D eigenvalue weighted by atomic mass is 10.0. The number of ether oxygens (including phenoxy) is 1. The number of benzene rings is 2. The Labute approximate surface area is 161 Å². The van der Waals surface area contributed by atoms with Gasteiger partial charge in [-0.3, -0.25) is 0 Å². The number of aliphatic hydroxyl groups excluding tert-OH is 1. The molecule has 27 heavy (non-hydrogen) atoms. The van der Waals surface area contributed by atoms with Gasteiger partial charge < -0.3 is 20.5 Å². The highest BCUT2D eigenvalue weighted by Crippen LogP contribution is 2.19. The van der Waals surface area contributed by atoms with E-state index in [0.29, 0.717) is 25.7 Å². The zero-order valence-electron chi connectivity index (χ0n) is 15.9. The van der Waals surface area contributed by atoms with E-state index in [0.717, 1.165) is 23.4 Å². The van der Waals surface area contributed by atoms with Gasteiger partial charge in [0, 0.05) is 24.6 Å². The average molecular weight is 367 g/mol. The Bertz CT molecular complexity index is 717. The summed E-state index contributed by atoms with van der Waals surface area (Å²) in [6, 6.07) is 17.9. The topological polar surface area (TPSA) is 65.9 Å². The van der Waals surface area contributed by atoms with Crippen molar-refractivity contribution in [1.29, 1.82) is 0 Å². The number of rotatable bonds is 10. The number of hydrogen-bond donors (Lipinski definition) is 3. The highest BCUT2D eigenvalue weighted by Gasteiger charge is 2.11. The lowest BCUT2D eigenvalue weighted by Gasteiger charge is -2.18. The molecule has 3 N–H and O–H groups in total. The fourth-order valence-electron chi connectivity index (χ4n) is 2.66. The molecule has 0 aliphatic heterocycles. The van der Waals surface area contributed by atoms with Gasteiger partial charge in [0.15, 0.2) is 5.96 Å². The first-order valence-electron chi connectivity index (χ1n) is 9.28. The van der Waals surface area contributed by atoms with Gasteiger partial charge in [0.2, 0.25) is 0 Å². The van der Waals surface area contributed by atoms with Gasteiger partial charge in [-0.2, -0.15) is 0 Å². The Kier molecular flexibility index (Phi) is 8.93. The number of aliphatic hydroxyl groups is 1. The van der Waals surface area contributed by atoms with Crippen molar-refractivity contribution in [2.75, 3.05) is 26.3 Å². The zero-order valence-corrected chi connectivity index (χ0v) is 15.9. The summed E-state index contributed by atoms with van der Waals surface area (Å²) in [6.45, 7) is 8.11. The van der Waals surface area contributed by atoms with Crippen LogP contribution in [-0.4, -0.2) is 37.4 Å². The maximum atomic E-state index is 9.72. The van der Waals surface area contributed by atoms with Gasteiger partial charge in [-0.25, -0.2) is 4.99 Å². The third kappa shape index (κ3) is 6.79. The van der Waals surface area contributed by atoms with E-state index in [9.17, 15) is 5.11 Å². The molecule has 1 atom stereocenters. The molecular weight excluding hydrogens is 338 g/mol. The smallest absolute Gasteiger partial charge is 0.191 e. The van der Waals surface area contributed by atoms with Gasteiger partial charge >= 0.3 is 0 Å². The molecule has 0 amide bonds. The Hall–Kier alpha value is -2.79. The molecule has 2 aromatic carbocycles. The molecule has 5 heteroatoms. The standard InChI is InChI=1S/C22H29N3O2/c1-3-14-27-21-13-9-8-12-19(21)15-24-22(23-4-2)25-16-20(17-26)18-10-6-5-7-11-18/h3,5-13,20,26H,1,4,14-17H2,2H3,(H2,23,24,25). The van der Waals surface area contributed by atoms with Crippen molar-refractivity contribution < 1.29 is 9.84 Å². The van der Waals surface area contributed by atoms with E-state index in [1.807, 2.05) is 61.5 Å². The predicted molar refractivity (Wildman–Crippen MR) is 111 cm³/mol. The molecule has 0 saturated carbocycles. The Morgan fingerprint density at radius 1 is 1.15 bits per heavy atom. The van der Waals surface area contributed by atoms with Crippen molar-refractivity contribution in [2.45, 2.75) is 19.4 Å². The molecule has 1 unspecified atom stereocenters. The molecule has 144 valence electrons. The maximum absolute atomic E-state index is 9.72. The number of para-hydroxylation sites is 1. The van der Waals surface area contributed by atoms with E-state index in [-0.39, 0.29) is 12.5 Å². The Morgan fingerprint density at radius 3 is 2.59 bits per heavy atom. The third-order valence-corrected chi connectivity index (χ3v) is 4.09. The van der Waals surface area contributed by atoms with E-state index in [1.165, 1.54) is 0 Å². The summed E-state index contributed by atoms with van der Waals surface area (Å²) in [6.07, 6.45) is 1.73. The van der Waals surface area contributed by atoms with Crippen LogP contribution in [0.25, 0.3) is 0 Å². The quantitative estimate of drug-likeness (QED) is 0.343. The maximum Gasteiger partial charge on any atom is 0.191 e. The van der Waals surface area contributed by atoms with Crippen LogP contribution in [0.1, 0.15) is 24.0 Å². The lowest BCUT2D eigenvalue weighted by Crippen LogP contribution is -2.39. The van der Waals surface area contributed by atoms with E-state index in [1.54, 1.807) is 6.08 Å².